The third-order valence-electron chi connectivity index (χ3n) is 1.82. The number of benzene rings is 1. The predicted molar refractivity (Wildman–Crippen MR) is 63.5 cm³/mol. The lowest BCUT2D eigenvalue weighted by Gasteiger charge is -2.08. The highest BCUT2D eigenvalue weighted by Gasteiger charge is 2.07. The van der Waals surface area contributed by atoms with Crippen LogP contribution in [-0.2, 0) is 0 Å². The van der Waals surface area contributed by atoms with Gasteiger partial charge in [0.15, 0.2) is 0 Å². The number of alkyl halides is 2. The lowest BCUT2D eigenvalue weighted by Crippen LogP contribution is -2.03. The van der Waals surface area contributed by atoms with Gasteiger partial charge >= 0.3 is 6.61 Å². The van der Waals surface area contributed by atoms with Crippen LogP contribution < -0.4 is 10.5 Å². The van der Waals surface area contributed by atoms with Crippen molar-refractivity contribution in [2.75, 3.05) is 6.54 Å². The summed E-state index contributed by atoms with van der Waals surface area (Å²) < 4.78 is 29.4. The molecule has 0 aliphatic rings. The van der Waals surface area contributed by atoms with Gasteiger partial charge in [-0.25, -0.2) is 0 Å². The van der Waals surface area contributed by atoms with E-state index in [0.29, 0.717) is 18.5 Å². The molecule has 2 N–H and O–H groups in total. The summed E-state index contributed by atoms with van der Waals surface area (Å²) in [5, 5.41) is 0. The van der Waals surface area contributed by atoms with Crippen LogP contribution >= 0.6 is 15.9 Å². The monoisotopic (exact) mass is 291 g/mol. The summed E-state index contributed by atoms with van der Waals surface area (Å²) in [4.78, 5) is 0. The Balaban J connectivity index is 2.89. The van der Waals surface area contributed by atoms with Crippen LogP contribution in [0.2, 0.25) is 0 Å². The Kier molecular flexibility index (Phi) is 5.42. The number of ether oxygens (including phenoxy) is 1. The maximum absolute atomic E-state index is 12.1. The molecule has 0 aromatic heterocycles. The van der Waals surface area contributed by atoms with Crippen LogP contribution in [0.3, 0.4) is 0 Å². The molecule has 1 aromatic carbocycles. The minimum Gasteiger partial charge on any atom is -0.434 e. The van der Waals surface area contributed by atoms with Crippen molar-refractivity contribution < 1.29 is 13.5 Å². The van der Waals surface area contributed by atoms with E-state index in [-0.39, 0.29) is 5.75 Å². The zero-order valence-corrected chi connectivity index (χ0v) is 10.1. The molecule has 0 atom stereocenters. The highest BCUT2D eigenvalue weighted by molar-refractivity contribution is 9.10. The van der Waals surface area contributed by atoms with E-state index >= 15 is 0 Å². The van der Waals surface area contributed by atoms with Crippen molar-refractivity contribution in [2.45, 2.75) is 13.0 Å². The van der Waals surface area contributed by atoms with E-state index in [2.05, 4.69) is 20.7 Å². The average molecular weight is 292 g/mol. The second-order valence-corrected chi connectivity index (χ2v) is 3.96. The normalized spacial score (nSPS) is 11.3. The first-order valence-corrected chi connectivity index (χ1v) is 5.53. The van der Waals surface area contributed by atoms with E-state index in [1.54, 1.807) is 18.2 Å². The van der Waals surface area contributed by atoms with E-state index < -0.39 is 6.61 Å². The second kappa shape index (κ2) is 6.60. The molecule has 1 rings (SSSR count). The maximum Gasteiger partial charge on any atom is 0.387 e. The van der Waals surface area contributed by atoms with Crippen LogP contribution in [0, 0.1) is 0 Å². The number of hydrogen-bond acceptors (Lipinski definition) is 2. The summed E-state index contributed by atoms with van der Waals surface area (Å²) in [6.45, 7) is -2.29. The smallest absolute Gasteiger partial charge is 0.387 e. The van der Waals surface area contributed by atoms with E-state index in [9.17, 15) is 8.78 Å². The van der Waals surface area contributed by atoms with E-state index in [4.69, 9.17) is 5.73 Å². The molecular weight excluding hydrogens is 280 g/mol. The first-order valence-electron chi connectivity index (χ1n) is 4.74. The van der Waals surface area contributed by atoms with Gasteiger partial charge in [-0.2, -0.15) is 8.78 Å². The van der Waals surface area contributed by atoms with Crippen LogP contribution in [0.1, 0.15) is 12.0 Å². The van der Waals surface area contributed by atoms with Crippen molar-refractivity contribution in [3.8, 4) is 5.75 Å². The summed E-state index contributed by atoms with van der Waals surface area (Å²) in [7, 11) is 0. The highest BCUT2D eigenvalue weighted by Crippen LogP contribution is 2.26. The van der Waals surface area contributed by atoms with Gasteiger partial charge in [0.1, 0.15) is 5.75 Å². The molecule has 0 amide bonds. The lowest BCUT2D eigenvalue weighted by atomic mass is 10.2. The van der Waals surface area contributed by atoms with E-state index in [1.165, 1.54) is 6.07 Å². The van der Waals surface area contributed by atoms with Crippen molar-refractivity contribution in [3.05, 3.63) is 34.3 Å². The summed E-state index contributed by atoms with van der Waals surface area (Å²) in [6, 6.07) is 4.86. The molecule has 0 heterocycles. The van der Waals surface area contributed by atoms with Crippen molar-refractivity contribution in [1.29, 1.82) is 0 Å². The summed E-state index contributed by atoms with van der Waals surface area (Å²) in [5.41, 5.74) is 5.93. The molecule has 0 spiro atoms. The molecule has 0 aliphatic carbocycles. The minimum absolute atomic E-state index is 0.159. The Morgan fingerprint density at radius 3 is 2.81 bits per heavy atom. The maximum atomic E-state index is 12.1. The van der Waals surface area contributed by atoms with Crippen molar-refractivity contribution >= 4 is 22.0 Å². The van der Waals surface area contributed by atoms with Crippen molar-refractivity contribution in [3.63, 3.8) is 0 Å². The standard InChI is InChI=1S/C11H12BrF2NO/c12-9-4-5-10(16-11(13)14)8(7-9)3-1-2-6-15/h1,3-5,7,11H,2,6,15H2. The fraction of sp³-hybridized carbons (Fsp3) is 0.273. The fourth-order valence-electron chi connectivity index (χ4n) is 1.16. The van der Waals surface area contributed by atoms with Gasteiger partial charge < -0.3 is 10.5 Å². The quantitative estimate of drug-likeness (QED) is 0.902. The fourth-order valence-corrected chi connectivity index (χ4v) is 1.54. The SMILES string of the molecule is NCCC=Cc1cc(Br)ccc1OC(F)F. The molecule has 16 heavy (non-hydrogen) atoms. The predicted octanol–water partition coefficient (Wildman–Crippen LogP) is 3.41. The van der Waals surface area contributed by atoms with Crippen LogP contribution in [-0.4, -0.2) is 13.2 Å². The largest absolute Gasteiger partial charge is 0.434 e. The summed E-state index contributed by atoms with van der Waals surface area (Å²) in [5.74, 6) is 0.159. The number of rotatable bonds is 5. The van der Waals surface area contributed by atoms with Crippen LogP contribution in [0.15, 0.2) is 28.7 Å². The van der Waals surface area contributed by atoms with Crippen molar-refractivity contribution in [2.24, 2.45) is 5.73 Å². The third-order valence-corrected chi connectivity index (χ3v) is 2.31. The molecule has 2 nitrogen and oxygen atoms in total. The number of nitrogens with two attached hydrogens (primary N) is 1. The number of hydrogen-bond donors (Lipinski definition) is 1. The van der Waals surface area contributed by atoms with E-state index in [1.807, 2.05) is 6.08 Å². The molecule has 5 heteroatoms. The molecule has 88 valence electrons. The van der Waals surface area contributed by atoms with Gasteiger partial charge in [-0.05, 0) is 31.2 Å². The first kappa shape index (κ1) is 13.1. The second-order valence-electron chi connectivity index (χ2n) is 3.04. The van der Waals surface area contributed by atoms with Gasteiger partial charge in [0.2, 0.25) is 0 Å². The van der Waals surface area contributed by atoms with Crippen LogP contribution in [0.25, 0.3) is 6.08 Å². The zero-order valence-electron chi connectivity index (χ0n) is 8.50. The zero-order chi connectivity index (χ0) is 12.0. The Bertz CT molecular complexity index is 369. The van der Waals surface area contributed by atoms with Gasteiger partial charge in [-0.15, -0.1) is 0 Å². The molecule has 0 unspecified atom stereocenters. The van der Waals surface area contributed by atoms with Crippen LogP contribution in [0.5, 0.6) is 5.75 Å². The van der Waals surface area contributed by atoms with Crippen molar-refractivity contribution in [1.82, 2.24) is 0 Å². The average Bonchev–Trinajstić information content (AvgIpc) is 2.22. The molecule has 0 aliphatic heterocycles. The van der Waals surface area contributed by atoms with Gasteiger partial charge in [0.05, 0.1) is 0 Å². The third kappa shape index (κ3) is 4.28. The molecule has 0 radical (unpaired) electrons. The summed E-state index contributed by atoms with van der Waals surface area (Å²) in [6.07, 6.45) is 4.23. The van der Waals surface area contributed by atoms with Crippen LogP contribution in [0.4, 0.5) is 8.78 Å². The first-order chi connectivity index (χ1) is 7.63. The molecule has 1 aromatic rings. The Labute approximate surface area is 101 Å². The Morgan fingerprint density at radius 2 is 2.19 bits per heavy atom. The van der Waals surface area contributed by atoms with Gasteiger partial charge in [-0.3, -0.25) is 0 Å². The van der Waals surface area contributed by atoms with Gasteiger partial charge in [0.25, 0.3) is 0 Å². The summed E-state index contributed by atoms with van der Waals surface area (Å²) >= 11 is 3.27. The minimum atomic E-state index is -2.82. The topological polar surface area (TPSA) is 35.2 Å². The van der Waals surface area contributed by atoms with Gasteiger partial charge in [0, 0.05) is 10.0 Å². The molecule has 0 saturated carbocycles. The Hall–Kier alpha value is -0.940. The highest BCUT2D eigenvalue weighted by atomic mass is 79.9. The lowest BCUT2D eigenvalue weighted by molar-refractivity contribution is -0.0499. The van der Waals surface area contributed by atoms with E-state index in [0.717, 1.165) is 4.47 Å². The molecule has 0 bridgehead atoms. The Morgan fingerprint density at radius 1 is 1.44 bits per heavy atom. The van der Waals surface area contributed by atoms with Gasteiger partial charge in [-0.1, -0.05) is 28.1 Å². The molecule has 0 fully saturated rings. The number of halogens is 3. The molecule has 0 saturated heterocycles. The molecular formula is C11H12BrF2NO.